The molecule has 0 spiro atoms. The number of ether oxygens (including phenoxy) is 2. The van der Waals surface area contributed by atoms with Crippen molar-refractivity contribution in [1.29, 1.82) is 0 Å². The SMILES string of the molecule is CN(C(=O)CN1C(=O)COc2cc(Cl)c(Cl)cc21)C(CN1CCOCC1)c1ccc(-c2ccc(N)cc2)cc1. The molecule has 10 heteroatoms. The van der Waals surface area contributed by atoms with Crippen molar-refractivity contribution >= 4 is 46.4 Å². The van der Waals surface area contributed by atoms with Crippen molar-refractivity contribution in [1.82, 2.24) is 9.80 Å². The molecule has 39 heavy (non-hydrogen) atoms. The average molecular weight is 569 g/mol. The van der Waals surface area contributed by atoms with Crippen molar-refractivity contribution in [2.24, 2.45) is 0 Å². The highest BCUT2D eigenvalue weighted by atomic mass is 35.5. The van der Waals surface area contributed by atoms with Gasteiger partial charge >= 0.3 is 0 Å². The number of nitrogens with two attached hydrogens (primary N) is 1. The summed E-state index contributed by atoms with van der Waals surface area (Å²) in [6.07, 6.45) is 0. The smallest absolute Gasteiger partial charge is 0.265 e. The number of likely N-dealkylation sites (N-methyl/N-ethyl adjacent to an activating group) is 1. The highest BCUT2D eigenvalue weighted by molar-refractivity contribution is 6.42. The highest BCUT2D eigenvalue weighted by Gasteiger charge is 2.32. The number of rotatable bonds is 7. The van der Waals surface area contributed by atoms with Crippen LogP contribution in [0.2, 0.25) is 10.0 Å². The quantitative estimate of drug-likeness (QED) is 0.422. The van der Waals surface area contributed by atoms with Crippen LogP contribution in [0, 0.1) is 0 Å². The summed E-state index contributed by atoms with van der Waals surface area (Å²) in [5.41, 5.74) is 10.1. The molecule has 2 aliphatic heterocycles. The summed E-state index contributed by atoms with van der Waals surface area (Å²) in [5, 5.41) is 0.604. The Balaban J connectivity index is 1.39. The van der Waals surface area contributed by atoms with Gasteiger partial charge in [-0.15, -0.1) is 0 Å². The van der Waals surface area contributed by atoms with E-state index in [1.807, 2.05) is 24.3 Å². The first-order chi connectivity index (χ1) is 18.8. The third-order valence-corrected chi connectivity index (χ3v) is 7.90. The van der Waals surface area contributed by atoms with E-state index < -0.39 is 0 Å². The lowest BCUT2D eigenvalue weighted by Crippen LogP contribution is -2.48. The van der Waals surface area contributed by atoms with Gasteiger partial charge in [0.25, 0.3) is 5.91 Å². The molecule has 2 heterocycles. The molecule has 5 rings (SSSR count). The molecular formula is C29H30Cl2N4O4. The van der Waals surface area contributed by atoms with Gasteiger partial charge in [0.2, 0.25) is 5.91 Å². The molecule has 1 unspecified atom stereocenters. The number of morpholine rings is 1. The van der Waals surface area contributed by atoms with Gasteiger partial charge in [-0.05, 0) is 34.9 Å². The van der Waals surface area contributed by atoms with Crippen LogP contribution in [0.3, 0.4) is 0 Å². The Morgan fingerprint density at radius 1 is 1.00 bits per heavy atom. The molecule has 0 aromatic heterocycles. The van der Waals surface area contributed by atoms with E-state index in [-0.39, 0.29) is 36.0 Å². The van der Waals surface area contributed by atoms with Gasteiger partial charge in [0, 0.05) is 38.4 Å². The second-order valence-electron chi connectivity index (χ2n) is 9.68. The number of nitrogen functional groups attached to an aromatic ring is 1. The lowest BCUT2D eigenvalue weighted by Gasteiger charge is -2.37. The molecule has 8 nitrogen and oxygen atoms in total. The zero-order valence-corrected chi connectivity index (χ0v) is 23.1. The maximum atomic E-state index is 13.7. The summed E-state index contributed by atoms with van der Waals surface area (Å²) in [4.78, 5) is 31.9. The van der Waals surface area contributed by atoms with E-state index in [0.717, 1.165) is 29.8 Å². The summed E-state index contributed by atoms with van der Waals surface area (Å²) >= 11 is 12.4. The van der Waals surface area contributed by atoms with Crippen LogP contribution >= 0.6 is 23.2 Å². The Labute approximate surface area is 237 Å². The summed E-state index contributed by atoms with van der Waals surface area (Å²) in [6.45, 7) is 3.21. The topological polar surface area (TPSA) is 88.3 Å². The van der Waals surface area contributed by atoms with E-state index in [2.05, 4.69) is 29.2 Å². The molecule has 1 saturated heterocycles. The minimum absolute atomic E-state index is 0.146. The van der Waals surface area contributed by atoms with Crippen LogP contribution in [-0.2, 0) is 14.3 Å². The van der Waals surface area contributed by atoms with Crippen molar-refractivity contribution in [3.05, 3.63) is 76.3 Å². The number of fused-ring (bicyclic) bond motifs is 1. The van der Waals surface area contributed by atoms with Gasteiger partial charge in [0.15, 0.2) is 6.61 Å². The van der Waals surface area contributed by atoms with Crippen LogP contribution in [0.15, 0.2) is 60.7 Å². The fraction of sp³-hybridized carbons (Fsp3) is 0.310. The highest BCUT2D eigenvalue weighted by Crippen LogP contribution is 2.39. The molecule has 0 aliphatic carbocycles. The summed E-state index contributed by atoms with van der Waals surface area (Å²) in [6, 6.07) is 18.8. The fourth-order valence-corrected chi connectivity index (χ4v) is 5.15. The molecule has 2 aliphatic rings. The molecular weight excluding hydrogens is 539 g/mol. The largest absolute Gasteiger partial charge is 0.482 e. The number of hydrogen-bond donors (Lipinski definition) is 1. The standard InChI is InChI=1S/C29H30Cl2N4O4/c1-33(28(36)17-35-25-14-23(30)24(31)15-27(25)39-18-29(35)37)26(16-34-10-12-38-13-11-34)21-4-2-19(3-5-21)20-6-8-22(32)9-7-20/h2-9,14-15,26H,10-13,16-18,32H2,1H3. The lowest BCUT2D eigenvalue weighted by molar-refractivity contribution is -0.133. The monoisotopic (exact) mass is 568 g/mol. The molecule has 0 saturated carbocycles. The Morgan fingerprint density at radius 3 is 2.28 bits per heavy atom. The minimum Gasteiger partial charge on any atom is -0.482 e. The van der Waals surface area contributed by atoms with E-state index in [1.54, 1.807) is 24.1 Å². The van der Waals surface area contributed by atoms with Crippen molar-refractivity contribution in [2.45, 2.75) is 6.04 Å². The first-order valence-electron chi connectivity index (χ1n) is 12.7. The second-order valence-corrected chi connectivity index (χ2v) is 10.5. The molecule has 3 aromatic carbocycles. The zero-order valence-electron chi connectivity index (χ0n) is 21.6. The third kappa shape index (κ3) is 6.15. The minimum atomic E-state index is -0.319. The van der Waals surface area contributed by atoms with Crippen LogP contribution < -0.4 is 15.4 Å². The van der Waals surface area contributed by atoms with Gasteiger partial charge in [0.1, 0.15) is 12.3 Å². The summed E-state index contributed by atoms with van der Waals surface area (Å²) in [5.74, 6) is -0.106. The van der Waals surface area contributed by atoms with Crippen LogP contribution in [0.25, 0.3) is 11.1 Å². The first-order valence-corrected chi connectivity index (χ1v) is 13.5. The summed E-state index contributed by atoms with van der Waals surface area (Å²) in [7, 11) is 1.78. The maximum Gasteiger partial charge on any atom is 0.265 e. The average Bonchev–Trinajstić information content (AvgIpc) is 2.95. The Hall–Kier alpha value is -3.30. The third-order valence-electron chi connectivity index (χ3n) is 7.17. The van der Waals surface area contributed by atoms with Crippen molar-refractivity contribution in [3.63, 3.8) is 0 Å². The van der Waals surface area contributed by atoms with Gasteiger partial charge in [-0.25, -0.2) is 0 Å². The van der Waals surface area contributed by atoms with Gasteiger partial charge in [0.05, 0.1) is 35.0 Å². The van der Waals surface area contributed by atoms with Gasteiger partial charge < -0.3 is 20.1 Å². The Bertz CT molecular complexity index is 1340. The normalized spacial score (nSPS) is 16.4. The molecule has 2 N–H and O–H groups in total. The number of anilines is 2. The number of nitrogens with zero attached hydrogens (tertiary/aromatic N) is 3. The van der Waals surface area contributed by atoms with Crippen LogP contribution in [-0.4, -0.2) is 74.7 Å². The molecule has 1 fully saturated rings. The fourth-order valence-electron chi connectivity index (χ4n) is 4.84. The number of carbonyl (C=O) groups excluding carboxylic acids is 2. The molecule has 1 atom stereocenters. The molecule has 0 radical (unpaired) electrons. The zero-order chi connectivity index (χ0) is 27.5. The van der Waals surface area contributed by atoms with E-state index >= 15 is 0 Å². The van der Waals surface area contributed by atoms with Gasteiger partial charge in [-0.2, -0.15) is 0 Å². The van der Waals surface area contributed by atoms with Crippen LogP contribution in [0.1, 0.15) is 11.6 Å². The number of halogens is 2. The number of hydrogen-bond acceptors (Lipinski definition) is 6. The maximum absolute atomic E-state index is 13.7. The second kappa shape index (κ2) is 11.8. The Kier molecular flexibility index (Phi) is 8.28. The number of benzene rings is 3. The van der Waals surface area contributed by atoms with E-state index in [9.17, 15) is 9.59 Å². The molecule has 0 bridgehead atoms. The van der Waals surface area contributed by atoms with Crippen LogP contribution in [0.5, 0.6) is 5.75 Å². The van der Waals surface area contributed by atoms with Gasteiger partial charge in [-0.3, -0.25) is 19.4 Å². The molecule has 3 aromatic rings. The predicted molar refractivity (Wildman–Crippen MR) is 153 cm³/mol. The Morgan fingerprint density at radius 2 is 1.62 bits per heavy atom. The van der Waals surface area contributed by atoms with Crippen molar-refractivity contribution < 1.29 is 19.1 Å². The van der Waals surface area contributed by atoms with Gasteiger partial charge in [-0.1, -0.05) is 59.6 Å². The van der Waals surface area contributed by atoms with Crippen molar-refractivity contribution in [3.8, 4) is 16.9 Å². The predicted octanol–water partition coefficient (Wildman–Crippen LogP) is 4.50. The first kappa shape index (κ1) is 27.3. The lowest BCUT2D eigenvalue weighted by atomic mass is 9.99. The summed E-state index contributed by atoms with van der Waals surface area (Å²) < 4.78 is 11.1. The molecule has 204 valence electrons. The number of carbonyl (C=O) groups is 2. The van der Waals surface area contributed by atoms with E-state index in [0.29, 0.717) is 41.9 Å². The van der Waals surface area contributed by atoms with E-state index in [4.69, 9.17) is 38.4 Å². The van der Waals surface area contributed by atoms with Crippen molar-refractivity contribution in [2.75, 3.05) is 63.7 Å². The van der Waals surface area contributed by atoms with Crippen LogP contribution in [0.4, 0.5) is 11.4 Å². The van der Waals surface area contributed by atoms with E-state index in [1.165, 1.54) is 4.90 Å². The number of amides is 2. The molecule has 2 amide bonds.